The quantitative estimate of drug-likeness (QED) is 0.677. The maximum absolute atomic E-state index is 12.9. The molecule has 0 radical (unpaired) electrons. The third-order valence-corrected chi connectivity index (χ3v) is 4.35. The van der Waals surface area contributed by atoms with Crippen LogP contribution < -0.4 is 5.32 Å². The van der Waals surface area contributed by atoms with E-state index in [1.807, 2.05) is 0 Å². The van der Waals surface area contributed by atoms with E-state index in [2.05, 4.69) is 31.4 Å². The second kappa shape index (κ2) is 6.64. The van der Waals surface area contributed by atoms with Crippen LogP contribution in [0.2, 0.25) is 5.02 Å². The number of carbonyl (C=O) groups is 1. The molecule has 0 spiro atoms. The van der Waals surface area contributed by atoms with Gasteiger partial charge in [0.1, 0.15) is 0 Å². The number of halogens is 5. The van der Waals surface area contributed by atoms with Gasteiger partial charge in [0.2, 0.25) is 0 Å². The van der Waals surface area contributed by atoms with Gasteiger partial charge in [0.05, 0.1) is 22.7 Å². The Bertz CT molecular complexity index is 958. The van der Waals surface area contributed by atoms with Gasteiger partial charge in [-0.25, -0.2) is 0 Å². The Morgan fingerprint density at radius 3 is 2.68 bits per heavy atom. The van der Waals surface area contributed by atoms with Crippen molar-refractivity contribution in [3.05, 3.63) is 63.0 Å². The Morgan fingerprint density at radius 1 is 1.28 bits per heavy atom. The van der Waals surface area contributed by atoms with Crippen LogP contribution in [0.3, 0.4) is 0 Å². The van der Waals surface area contributed by atoms with Crippen molar-refractivity contribution < 1.29 is 18.0 Å². The lowest BCUT2D eigenvalue weighted by molar-refractivity contribution is -0.137. The summed E-state index contributed by atoms with van der Waals surface area (Å²) in [5.41, 5.74) is -0.451. The van der Waals surface area contributed by atoms with Crippen LogP contribution in [-0.4, -0.2) is 20.5 Å². The second-order valence-corrected chi connectivity index (χ2v) is 6.31. The van der Waals surface area contributed by atoms with E-state index in [1.165, 1.54) is 0 Å². The SMILES string of the molecule is O=C(NCc1nnc2c(Cl)cc(C(F)(F)F)cn12)c1ccccc1Br. The molecule has 0 saturated carbocycles. The highest BCUT2D eigenvalue weighted by Crippen LogP contribution is 2.32. The highest BCUT2D eigenvalue weighted by Gasteiger charge is 2.32. The van der Waals surface area contributed by atoms with E-state index in [1.54, 1.807) is 24.3 Å². The molecule has 25 heavy (non-hydrogen) atoms. The van der Waals surface area contributed by atoms with Crippen molar-refractivity contribution in [2.75, 3.05) is 0 Å². The van der Waals surface area contributed by atoms with Gasteiger partial charge in [-0.05, 0) is 34.1 Å². The van der Waals surface area contributed by atoms with Gasteiger partial charge in [-0.3, -0.25) is 9.20 Å². The first-order chi connectivity index (χ1) is 11.8. The Hall–Kier alpha value is -2.13. The summed E-state index contributed by atoms with van der Waals surface area (Å²) in [6.07, 6.45) is -3.71. The summed E-state index contributed by atoms with van der Waals surface area (Å²) in [6, 6.07) is 7.56. The van der Waals surface area contributed by atoms with Crippen LogP contribution in [0, 0.1) is 0 Å². The van der Waals surface area contributed by atoms with Gasteiger partial charge in [0.25, 0.3) is 5.91 Å². The minimum atomic E-state index is -4.56. The molecule has 0 aliphatic carbocycles. The first-order valence-electron chi connectivity index (χ1n) is 6.90. The van der Waals surface area contributed by atoms with Gasteiger partial charge in [-0.2, -0.15) is 13.2 Å². The number of hydrogen-bond donors (Lipinski definition) is 1. The minimum absolute atomic E-state index is 0.0832. The van der Waals surface area contributed by atoms with Gasteiger partial charge in [-0.1, -0.05) is 23.7 Å². The first kappa shape index (κ1) is 17.7. The van der Waals surface area contributed by atoms with E-state index in [9.17, 15) is 18.0 Å². The van der Waals surface area contributed by atoms with Crippen molar-refractivity contribution in [2.24, 2.45) is 0 Å². The number of pyridine rings is 1. The number of rotatable bonds is 3. The lowest BCUT2D eigenvalue weighted by atomic mass is 10.2. The molecule has 1 N–H and O–H groups in total. The molecule has 0 atom stereocenters. The predicted molar refractivity (Wildman–Crippen MR) is 88.3 cm³/mol. The van der Waals surface area contributed by atoms with Crippen LogP contribution in [0.15, 0.2) is 41.0 Å². The number of carbonyl (C=O) groups excluding carboxylic acids is 1. The average molecular weight is 434 g/mol. The number of nitrogens with one attached hydrogen (secondary N) is 1. The van der Waals surface area contributed by atoms with Crippen molar-refractivity contribution >= 4 is 39.1 Å². The van der Waals surface area contributed by atoms with E-state index in [0.29, 0.717) is 10.0 Å². The molecule has 0 aliphatic heterocycles. The number of aromatic nitrogens is 3. The molecule has 2 heterocycles. The zero-order chi connectivity index (χ0) is 18.2. The van der Waals surface area contributed by atoms with Gasteiger partial charge in [-0.15, -0.1) is 10.2 Å². The molecule has 1 aromatic carbocycles. The predicted octanol–water partition coefficient (Wildman–Crippen LogP) is 4.09. The Morgan fingerprint density at radius 2 is 2.00 bits per heavy atom. The van der Waals surface area contributed by atoms with Crippen LogP contribution in [0.5, 0.6) is 0 Å². The number of fused-ring (bicyclic) bond motifs is 1. The maximum atomic E-state index is 12.9. The van der Waals surface area contributed by atoms with E-state index in [4.69, 9.17) is 11.6 Å². The van der Waals surface area contributed by atoms with E-state index in [0.717, 1.165) is 16.7 Å². The fourth-order valence-corrected chi connectivity index (χ4v) is 2.89. The number of nitrogens with zero attached hydrogens (tertiary/aromatic N) is 3. The fraction of sp³-hybridized carbons (Fsp3) is 0.133. The molecule has 0 fully saturated rings. The van der Waals surface area contributed by atoms with E-state index in [-0.39, 0.29) is 23.0 Å². The third kappa shape index (κ3) is 3.62. The van der Waals surface area contributed by atoms with Crippen molar-refractivity contribution in [2.45, 2.75) is 12.7 Å². The molecule has 1 amide bonds. The summed E-state index contributed by atoms with van der Waals surface area (Å²) in [5, 5.41) is 9.98. The van der Waals surface area contributed by atoms with Crippen molar-refractivity contribution in [1.82, 2.24) is 19.9 Å². The zero-order valence-electron chi connectivity index (χ0n) is 12.3. The summed E-state index contributed by atoms with van der Waals surface area (Å²) >= 11 is 9.10. The number of benzene rings is 1. The second-order valence-electron chi connectivity index (χ2n) is 5.05. The van der Waals surface area contributed by atoms with Crippen molar-refractivity contribution in [3.8, 4) is 0 Å². The average Bonchev–Trinajstić information content (AvgIpc) is 2.96. The van der Waals surface area contributed by atoms with Crippen LogP contribution in [0.1, 0.15) is 21.7 Å². The number of amides is 1. The lowest BCUT2D eigenvalue weighted by Crippen LogP contribution is -2.24. The topological polar surface area (TPSA) is 59.3 Å². The van der Waals surface area contributed by atoms with Gasteiger partial charge in [0.15, 0.2) is 11.5 Å². The summed E-state index contributed by atoms with van der Waals surface area (Å²) in [7, 11) is 0. The molecule has 3 aromatic rings. The minimum Gasteiger partial charge on any atom is -0.345 e. The molecule has 2 aromatic heterocycles. The Labute approximate surface area is 152 Å². The monoisotopic (exact) mass is 432 g/mol. The molecule has 0 bridgehead atoms. The maximum Gasteiger partial charge on any atom is 0.417 e. The molecule has 0 aliphatic rings. The summed E-state index contributed by atoms with van der Waals surface area (Å²) < 4.78 is 40.5. The number of hydrogen-bond acceptors (Lipinski definition) is 3. The normalized spacial score (nSPS) is 11.7. The molecule has 3 rings (SSSR count). The third-order valence-electron chi connectivity index (χ3n) is 3.38. The smallest absolute Gasteiger partial charge is 0.345 e. The molecule has 0 unspecified atom stereocenters. The lowest BCUT2D eigenvalue weighted by Gasteiger charge is -2.09. The van der Waals surface area contributed by atoms with Gasteiger partial charge in [0, 0.05) is 10.7 Å². The van der Waals surface area contributed by atoms with Crippen molar-refractivity contribution in [1.29, 1.82) is 0 Å². The molecular formula is C15H9BrClF3N4O. The van der Waals surface area contributed by atoms with Gasteiger partial charge >= 0.3 is 6.18 Å². The molecule has 5 nitrogen and oxygen atoms in total. The Balaban J connectivity index is 1.88. The van der Waals surface area contributed by atoms with E-state index < -0.39 is 17.6 Å². The molecule has 10 heteroatoms. The van der Waals surface area contributed by atoms with Crippen LogP contribution in [0.4, 0.5) is 13.2 Å². The summed E-state index contributed by atoms with van der Waals surface area (Å²) in [6.45, 7) is -0.112. The first-order valence-corrected chi connectivity index (χ1v) is 8.07. The zero-order valence-corrected chi connectivity index (χ0v) is 14.7. The largest absolute Gasteiger partial charge is 0.417 e. The number of alkyl halides is 3. The highest BCUT2D eigenvalue weighted by atomic mass is 79.9. The molecule has 130 valence electrons. The van der Waals surface area contributed by atoms with Crippen LogP contribution in [0.25, 0.3) is 5.65 Å². The standard InChI is InChI=1S/C15H9BrClF3N4O/c16-10-4-2-1-3-9(10)14(25)21-6-12-22-23-13-11(17)5-8(7-24(12)13)15(18,19)20/h1-5,7H,6H2,(H,21,25). The molecular weight excluding hydrogens is 425 g/mol. The highest BCUT2D eigenvalue weighted by molar-refractivity contribution is 9.10. The van der Waals surface area contributed by atoms with Crippen LogP contribution in [-0.2, 0) is 12.7 Å². The summed E-state index contributed by atoms with van der Waals surface area (Å²) in [5.74, 6) is -0.272. The van der Waals surface area contributed by atoms with E-state index >= 15 is 0 Å². The van der Waals surface area contributed by atoms with Gasteiger partial charge < -0.3 is 5.32 Å². The van der Waals surface area contributed by atoms with Crippen LogP contribution >= 0.6 is 27.5 Å². The fourth-order valence-electron chi connectivity index (χ4n) is 2.18. The van der Waals surface area contributed by atoms with Crippen molar-refractivity contribution in [3.63, 3.8) is 0 Å². The molecule has 0 saturated heterocycles. The summed E-state index contributed by atoms with van der Waals surface area (Å²) in [4.78, 5) is 12.2. The Kier molecular flexibility index (Phi) is 4.70.